The van der Waals surface area contributed by atoms with Crippen molar-refractivity contribution in [3.05, 3.63) is 65.7 Å². The van der Waals surface area contributed by atoms with Crippen molar-refractivity contribution in [2.45, 2.75) is 0 Å². The van der Waals surface area contributed by atoms with Crippen molar-refractivity contribution in [2.24, 2.45) is 5.73 Å². The summed E-state index contributed by atoms with van der Waals surface area (Å²) in [6.07, 6.45) is 0. The molecule has 0 aliphatic carbocycles. The summed E-state index contributed by atoms with van der Waals surface area (Å²) < 4.78 is 0. The maximum atomic E-state index is 11.8. The lowest BCUT2D eigenvalue weighted by Crippen LogP contribution is -2.29. The molecule has 2 aromatic carbocycles. The number of para-hydroxylation sites is 1. The molecule has 5 heteroatoms. The van der Waals surface area contributed by atoms with E-state index < -0.39 is 5.91 Å². The lowest BCUT2D eigenvalue weighted by atomic mass is 10.1. The van der Waals surface area contributed by atoms with E-state index in [1.807, 2.05) is 30.3 Å². The molecule has 0 aromatic heterocycles. The highest BCUT2D eigenvalue weighted by molar-refractivity contribution is 5.97. The smallest absolute Gasteiger partial charge is 0.269 e. The normalized spacial score (nSPS) is 9.68. The minimum absolute atomic E-state index is 0.292. The average molecular weight is 255 g/mol. The molecule has 4 N–H and O–H groups in total. The molecule has 2 amide bonds. The van der Waals surface area contributed by atoms with Crippen molar-refractivity contribution in [3.63, 3.8) is 0 Å². The second kappa shape index (κ2) is 5.68. The molecule has 0 radical (unpaired) electrons. The molecule has 2 rings (SSSR count). The Kier molecular flexibility index (Phi) is 3.78. The Bertz CT molecular complexity index is 579. The molecule has 96 valence electrons. The van der Waals surface area contributed by atoms with E-state index in [1.165, 1.54) is 12.1 Å². The van der Waals surface area contributed by atoms with Gasteiger partial charge in [-0.3, -0.25) is 20.4 Å². The van der Waals surface area contributed by atoms with Gasteiger partial charge in [-0.1, -0.05) is 18.2 Å². The average Bonchev–Trinajstić information content (AvgIpc) is 2.46. The fourth-order valence-electron chi connectivity index (χ4n) is 1.51. The number of nitrogens with one attached hydrogen (secondary N) is 2. The molecule has 19 heavy (non-hydrogen) atoms. The van der Waals surface area contributed by atoms with E-state index in [4.69, 9.17) is 5.73 Å². The molecule has 0 atom stereocenters. The molecule has 0 saturated carbocycles. The fourth-order valence-corrected chi connectivity index (χ4v) is 1.51. The number of nitrogens with two attached hydrogens (primary N) is 1. The zero-order valence-electron chi connectivity index (χ0n) is 10.1. The van der Waals surface area contributed by atoms with Crippen LogP contribution in [0.3, 0.4) is 0 Å². The highest BCUT2D eigenvalue weighted by Crippen LogP contribution is 2.05. The van der Waals surface area contributed by atoms with Crippen molar-refractivity contribution in [3.8, 4) is 0 Å². The first-order chi connectivity index (χ1) is 9.16. The Balaban J connectivity index is 1.98. The Labute approximate surface area is 110 Å². The van der Waals surface area contributed by atoms with Gasteiger partial charge in [0.05, 0.1) is 5.69 Å². The zero-order valence-corrected chi connectivity index (χ0v) is 10.1. The van der Waals surface area contributed by atoms with Gasteiger partial charge in [0.1, 0.15) is 0 Å². The number of primary amides is 1. The summed E-state index contributed by atoms with van der Waals surface area (Å²) >= 11 is 0. The Morgan fingerprint density at radius 2 is 1.42 bits per heavy atom. The number of amides is 2. The van der Waals surface area contributed by atoms with E-state index in [9.17, 15) is 9.59 Å². The van der Waals surface area contributed by atoms with E-state index in [2.05, 4.69) is 10.9 Å². The Morgan fingerprint density at radius 1 is 0.842 bits per heavy atom. The molecule has 0 fully saturated rings. The van der Waals surface area contributed by atoms with Crippen LogP contribution in [0.25, 0.3) is 0 Å². The van der Waals surface area contributed by atoms with Gasteiger partial charge in [-0.25, -0.2) is 0 Å². The van der Waals surface area contributed by atoms with Crippen molar-refractivity contribution in [2.75, 3.05) is 5.43 Å². The van der Waals surface area contributed by atoms with Gasteiger partial charge in [0.25, 0.3) is 5.91 Å². The van der Waals surface area contributed by atoms with Crippen LogP contribution in [0.15, 0.2) is 54.6 Å². The second-order valence-electron chi connectivity index (χ2n) is 3.89. The SMILES string of the molecule is NC(=O)c1ccc(C(=O)NNc2ccccc2)cc1. The van der Waals surface area contributed by atoms with Crippen molar-refractivity contribution in [1.82, 2.24) is 5.43 Å². The third kappa shape index (κ3) is 3.32. The number of carbonyl (C=O) groups is 2. The molecule has 0 heterocycles. The van der Waals surface area contributed by atoms with Crippen molar-refractivity contribution in [1.29, 1.82) is 0 Å². The van der Waals surface area contributed by atoms with Crippen LogP contribution in [0.1, 0.15) is 20.7 Å². The number of hydrogen-bond donors (Lipinski definition) is 3. The maximum Gasteiger partial charge on any atom is 0.269 e. The van der Waals surface area contributed by atoms with Gasteiger partial charge in [0.2, 0.25) is 5.91 Å². The lowest BCUT2D eigenvalue weighted by Gasteiger charge is -2.08. The Morgan fingerprint density at radius 3 is 2.00 bits per heavy atom. The maximum absolute atomic E-state index is 11.8. The first-order valence-corrected chi connectivity index (χ1v) is 5.68. The summed E-state index contributed by atoms with van der Waals surface area (Å²) in [7, 11) is 0. The third-order valence-corrected chi connectivity index (χ3v) is 2.53. The molecule has 0 aliphatic heterocycles. The highest BCUT2D eigenvalue weighted by Gasteiger charge is 2.06. The highest BCUT2D eigenvalue weighted by atomic mass is 16.2. The minimum atomic E-state index is -0.519. The molecule has 0 aliphatic rings. The van der Waals surface area contributed by atoms with Crippen LogP contribution in [0.2, 0.25) is 0 Å². The predicted molar refractivity (Wildman–Crippen MR) is 72.5 cm³/mol. The summed E-state index contributed by atoms with van der Waals surface area (Å²) in [6.45, 7) is 0. The molecule has 0 bridgehead atoms. The monoisotopic (exact) mass is 255 g/mol. The summed E-state index contributed by atoms with van der Waals surface area (Å²) in [6, 6.07) is 15.4. The zero-order chi connectivity index (χ0) is 13.7. The van der Waals surface area contributed by atoms with E-state index >= 15 is 0 Å². The van der Waals surface area contributed by atoms with Crippen LogP contribution in [0.4, 0.5) is 5.69 Å². The number of benzene rings is 2. The van der Waals surface area contributed by atoms with Crippen LogP contribution >= 0.6 is 0 Å². The third-order valence-electron chi connectivity index (χ3n) is 2.53. The second-order valence-corrected chi connectivity index (χ2v) is 3.89. The van der Waals surface area contributed by atoms with Gasteiger partial charge in [0, 0.05) is 11.1 Å². The lowest BCUT2D eigenvalue weighted by molar-refractivity contribution is 0.0959. The molecule has 0 unspecified atom stereocenters. The first kappa shape index (κ1) is 12.6. The molecule has 2 aromatic rings. The van der Waals surface area contributed by atoms with Gasteiger partial charge in [-0.15, -0.1) is 0 Å². The Hall–Kier alpha value is -2.82. The summed E-state index contributed by atoms with van der Waals surface area (Å²) in [5.74, 6) is -0.811. The van der Waals surface area contributed by atoms with Gasteiger partial charge >= 0.3 is 0 Å². The first-order valence-electron chi connectivity index (χ1n) is 5.68. The molecule has 0 spiro atoms. The van der Waals surface area contributed by atoms with Gasteiger partial charge in [-0.05, 0) is 36.4 Å². The molecule has 5 nitrogen and oxygen atoms in total. The van der Waals surface area contributed by atoms with Crippen LogP contribution in [0.5, 0.6) is 0 Å². The van der Waals surface area contributed by atoms with Crippen LogP contribution in [0, 0.1) is 0 Å². The summed E-state index contributed by atoms with van der Waals surface area (Å²) in [4.78, 5) is 22.7. The quantitative estimate of drug-likeness (QED) is 0.724. The summed E-state index contributed by atoms with van der Waals surface area (Å²) in [5.41, 5.74) is 12.1. The standard InChI is InChI=1S/C14H13N3O2/c15-13(18)10-6-8-11(9-7-10)14(19)17-16-12-4-2-1-3-5-12/h1-9,16H,(H2,15,18)(H,17,19). The molecule has 0 saturated heterocycles. The number of rotatable bonds is 4. The molecular formula is C14H13N3O2. The fraction of sp³-hybridized carbons (Fsp3) is 0. The number of anilines is 1. The van der Waals surface area contributed by atoms with Crippen LogP contribution in [-0.4, -0.2) is 11.8 Å². The topological polar surface area (TPSA) is 84.2 Å². The summed E-state index contributed by atoms with van der Waals surface area (Å²) in [5, 5.41) is 0. The minimum Gasteiger partial charge on any atom is -0.366 e. The van der Waals surface area contributed by atoms with E-state index in [0.717, 1.165) is 5.69 Å². The van der Waals surface area contributed by atoms with Crippen LogP contribution < -0.4 is 16.6 Å². The predicted octanol–water partition coefficient (Wildman–Crippen LogP) is 1.54. The number of carbonyl (C=O) groups excluding carboxylic acids is 2. The number of hydrogen-bond acceptors (Lipinski definition) is 3. The largest absolute Gasteiger partial charge is 0.366 e. The molecular weight excluding hydrogens is 242 g/mol. The van der Waals surface area contributed by atoms with E-state index in [1.54, 1.807) is 12.1 Å². The van der Waals surface area contributed by atoms with Gasteiger partial charge in [0.15, 0.2) is 0 Å². The van der Waals surface area contributed by atoms with E-state index in [0.29, 0.717) is 11.1 Å². The van der Waals surface area contributed by atoms with Gasteiger partial charge < -0.3 is 5.73 Å². The number of hydrazine groups is 1. The van der Waals surface area contributed by atoms with Gasteiger partial charge in [-0.2, -0.15) is 0 Å². The van der Waals surface area contributed by atoms with E-state index in [-0.39, 0.29) is 5.91 Å². The van der Waals surface area contributed by atoms with Crippen molar-refractivity contribution < 1.29 is 9.59 Å². The van der Waals surface area contributed by atoms with Crippen LogP contribution in [-0.2, 0) is 0 Å². The van der Waals surface area contributed by atoms with Crippen molar-refractivity contribution >= 4 is 17.5 Å².